The van der Waals surface area contributed by atoms with Crippen molar-refractivity contribution in [2.45, 2.75) is 25.3 Å². The molecule has 0 aliphatic heterocycles. The normalized spacial score (nSPS) is 11.8. The number of amides is 2. The Kier molecular flexibility index (Phi) is 5.99. The molecule has 4 aromatic rings. The van der Waals surface area contributed by atoms with Crippen molar-refractivity contribution in [1.82, 2.24) is 20.6 Å². The Bertz CT molecular complexity index is 1260. The summed E-state index contributed by atoms with van der Waals surface area (Å²) in [6.07, 6.45) is 4.43. The zero-order chi connectivity index (χ0) is 21.6. The van der Waals surface area contributed by atoms with Crippen molar-refractivity contribution in [2.75, 3.05) is 6.54 Å². The zero-order valence-corrected chi connectivity index (χ0v) is 16.9. The van der Waals surface area contributed by atoms with Crippen LogP contribution in [0.2, 0.25) is 0 Å². The predicted octanol–water partition coefficient (Wildman–Crippen LogP) is 2.95. The molecule has 7 heteroatoms. The standard InChI is InChI=1S/C24H23N5O2/c25-10-5-11-26-24(31)22(12-16-14-27-20-8-3-1-6-18(16)20)29-23(30)13-17-15-28-21-9-4-2-7-19(17)21/h1-4,6-9,14-15,22,27-28H,5,11-13H2,(H,26,31)(H,29,30). The van der Waals surface area contributed by atoms with E-state index in [9.17, 15) is 9.59 Å². The molecule has 2 amide bonds. The number of aromatic amines is 2. The lowest BCUT2D eigenvalue weighted by Crippen LogP contribution is -2.48. The lowest BCUT2D eigenvalue weighted by atomic mass is 10.0. The molecule has 2 heterocycles. The van der Waals surface area contributed by atoms with E-state index in [2.05, 4.69) is 20.6 Å². The molecular weight excluding hydrogens is 390 g/mol. The Morgan fingerprint density at radius 3 is 2.23 bits per heavy atom. The molecule has 0 saturated carbocycles. The minimum absolute atomic E-state index is 0.167. The number of H-pyrrole nitrogens is 2. The van der Waals surface area contributed by atoms with Gasteiger partial charge in [0.1, 0.15) is 6.04 Å². The van der Waals surface area contributed by atoms with E-state index in [0.29, 0.717) is 6.42 Å². The number of carbonyl (C=O) groups excluding carboxylic acids is 2. The maximum Gasteiger partial charge on any atom is 0.242 e. The predicted molar refractivity (Wildman–Crippen MR) is 119 cm³/mol. The highest BCUT2D eigenvalue weighted by Crippen LogP contribution is 2.20. The second-order valence-corrected chi connectivity index (χ2v) is 7.42. The van der Waals surface area contributed by atoms with E-state index in [-0.39, 0.29) is 31.2 Å². The van der Waals surface area contributed by atoms with Crippen molar-refractivity contribution in [2.24, 2.45) is 0 Å². The topological polar surface area (TPSA) is 114 Å². The second kappa shape index (κ2) is 9.18. The van der Waals surface area contributed by atoms with Gasteiger partial charge >= 0.3 is 0 Å². The Balaban J connectivity index is 1.51. The molecule has 0 spiro atoms. The number of para-hydroxylation sites is 2. The molecule has 7 nitrogen and oxygen atoms in total. The number of carbonyl (C=O) groups is 2. The van der Waals surface area contributed by atoms with Crippen LogP contribution >= 0.6 is 0 Å². The first-order valence-electron chi connectivity index (χ1n) is 10.2. The summed E-state index contributed by atoms with van der Waals surface area (Å²) in [5.74, 6) is -0.530. The summed E-state index contributed by atoms with van der Waals surface area (Å²) in [5.41, 5.74) is 3.77. The largest absolute Gasteiger partial charge is 0.361 e. The van der Waals surface area contributed by atoms with Crippen LogP contribution in [0.5, 0.6) is 0 Å². The number of rotatable bonds is 8. The van der Waals surface area contributed by atoms with Gasteiger partial charge in [-0.25, -0.2) is 0 Å². The van der Waals surface area contributed by atoms with Gasteiger partial charge in [0.15, 0.2) is 0 Å². The SMILES string of the molecule is N#CCCNC(=O)C(Cc1c[nH]c2ccccc12)NC(=O)Cc1c[nH]c2ccccc12. The van der Waals surface area contributed by atoms with Crippen LogP contribution in [0.1, 0.15) is 17.5 Å². The number of aromatic nitrogens is 2. The Morgan fingerprint density at radius 1 is 0.935 bits per heavy atom. The first-order chi connectivity index (χ1) is 15.2. The van der Waals surface area contributed by atoms with Gasteiger partial charge in [-0.05, 0) is 23.3 Å². The van der Waals surface area contributed by atoms with Crippen LogP contribution in [-0.2, 0) is 22.4 Å². The van der Waals surface area contributed by atoms with E-state index < -0.39 is 6.04 Å². The molecular formula is C24H23N5O2. The van der Waals surface area contributed by atoms with E-state index in [4.69, 9.17) is 5.26 Å². The molecule has 156 valence electrons. The fraction of sp³-hybridized carbons (Fsp3) is 0.208. The third kappa shape index (κ3) is 4.59. The summed E-state index contributed by atoms with van der Waals surface area (Å²) in [6, 6.07) is 16.9. The van der Waals surface area contributed by atoms with Gasteiger partial charge in [0.2, 0.25) is 11.8 Å². The van der Waals surface area contributed by atoms with Crippen LogP contribution < -0.4 is 10.6 Å². The molecule has 0 saturated heterocycles. The van der Waals surface area contributed by atoms with Gasteiger partial charge in [0.05, 0.1) is 18.9 Å². The molecule has 1 unspecified atom stereocenters. The average Bonchev–Trinajstić information content (AvgIpc) is 3.38. The maximum absolute atomic E-state index is 12.8. The summed E-state index contributed by atoms with van der Waals surface area (Å²) in [4.78, 5) is 32.0. The molecule has 0 fully saturated rings. The monoisotopic (exact) mass is 413 g/mol. The van der Waals surface area contributed by atoms with Crippen molar-refractivity contribution >= 4 is 33.6 Å². The molecule has 0 aliphatic carbocycles. The van der Waals surface area contributed by atoms with E-state index in [1.54, 1.807) is 0 Å². The quantitative estimate of drug-likeness (QED) is 0.333. The second-order valence-electron chi connectivity index (χ2n) is 7.42. The Morgan fingerprint density at radius 2 is 1.55 bits per heavy atom. The first kappa shape index (κ1) is 20.2. The minimum Gasteiger partial charge on any atom is -0.361 e. The highest BCUT2D eigenvalue weighted by atomic mass is 16.2. The van der Waals surface area contributed by atoms with Crippen LogP contribution in [0.15, 0.2) is 60.9 Å². The lowest BCUT2D eigenvalue weighted by Gasteiger charge is -2.18. The fourth-order valence-corrected chi connectivity index (χ4v) is 3.79. The molecule has 0 radical (unpaired) electrons. The average molecular weight is 413 g/mol. The van der Waals surface area contributed by atoms with Crippen molar-refractivity contribution in [3.8, 4) is 6.07 Å². The van der Waals surface area contributed by atoms with Crippen LogP contribution in [0.25, 0.3) is 21.8 Å². The van der Waals surface area contributed by atoms with E-state index in [1.807, 2.05) is 67.0 Å². The van der Waals surface area contributed by atoms with E-state index in [1.165, 1.54) is 0 Å². The number of nitrogens with zero attached hydrogens (tertiary/aromatic N) is 1. The number of nitriles is 1. The first-order valence-corrected chi connectivity index (χ1v) is 10.2. The molecule has 4 N–H and O–H groups in total. The van der Waals surface area contributed by atoms with Crippen molar-refractivity contribution in [1.29, 1.82) is 5.26 Å². The van der Waals surface area contributed by atoms with Gasteiger partial charge in [0.25, 0.3) is 0 Å². The van der Waals surface area contributed by atoms with Crippen molar-refractivity contribution < 1.29 is 9.59 Å². The van der Waals surface area contributed by atoms with Gasteiger partial charge < -0.3 is 20.6 Å². The van der Waals surface area contributed by atoms with Gasteiger partial charge in [-0.3, -0.25) is 9.59 Å². The summed E-state index contributed by atoms with van der Waals surface area (Å²) in [5, 5.41) is 16.4. The van der Waals surface area contributed by atoms with Gasteiger partial charge in [-0.15, -0.1) is 0 Å². The van der Waals surface area contributed by atoms with E-state index in [0.717, 1.165) is 32.9 Å². The minimum atomic E-state index is -0.740. The summed E-state index contributed by atoms with van der Waals surface area (Å²) < 4.78 is 0. The third-order valence-corrected chi connectivity index (χ3v) is 5.31. The summed E-state index contributed by atoms with van der Waals surface area (Å²) >= 11 is 0. The van der Waals surface area contributed by atoms with Crippen LogP contribution in [-0.4, -0.2) is 34.4 Å². The van der Waals surface area contributed by atoms with Crippen molar-refractivity contribution in [3.63, 3.8) is 0 Å². The summed E-state index contributed by atoms with van der Waals surface area (Å²) in [7, 11) is 0. The zero-order valence-electron chi connectivity index (χ0n) is 16.9. The van der Waals surface area contributed by atoms with Gasteiger partial charge in [-0.1, -0.05) is 36.4 Å². The highest BCUT2D eigenvalue weighted by molar-refractivity contribution is 5.92. The smallest absolute Gasteiger partial charge is 0.242 e. The van der Waals surface area contributed by atoms with Gasteiger partial charge in [-0.2, -0.15) is 5.26 Å². The molecule has 0 bridgehead atoms. The molecule has 31 heavy (non-hydrogen) atoms. The lowest BCUT2D eigenvalue weighted by molar-refractivity contribution is -0.128. The molecule has 4 rings (SSSR count). The van der Waals surface area contributed by atoms with E-state index >= 15 is 0 Å². The Labute approximate surface area is 179 Å². The number of fused-ring (bicyclic) bond motifs is 2. The van der Waals surface area contributed by atoms with Crippen molar-refractivity contribution in [3.05, 3.63) is 72.1 Å². The highest BCUT2D eigenvalue weighted by Gasteiger charge is 2.23. The third-order valence-electron chi connectivity index (χ3n) is 5.31. The number of nitrogens with one attached hydrogen (secondary N) is 4. The van der Waals surface area contributed by atoms with Crippen LogP contribution in [0.4, 0.5) is 0 Å². The molecule has 0 aliphatic rings. The fourth-order valence-electron chi connectivity index (χ4n) is 3.79. The molecule has 2 aromatic carbocycles. The number of benzene rings is 2. The van der Waals surface area contributed by atoms with Gasteiger partial charge in [0, 0.05) is 47.2 Å². The summed E-state index contributed by atoms with van der Waals surface area (Å²) in [6.45, 7) is 0.248. The number of hydrogen-bond donors (Lipinski definition) is 4. The van der Waals surface area contributed by atoms with Crippen LogP contribution in [0.3, 0.4) is 0 Å². The van der Waals surface area contributed by atoms with Crippen LogP contribution in [0, 0.1) is 11.3 Å². The maximum atomic E-state index is 12.8. The Hall–Kier alpha value is -4.05. The molecule has 2 aromatic heterocycles. The molecule has 1 atom stereocenters. The number of hydrogen-bond acceptors (Lipinski definition) is 3.